The van der Waals surface area contributed by atoms with Crippen molar-refractivity contribution in [3.05, 3.63) is 29.8 Å². The molecular formula is C18H25N3O4S. The predicted octanol–water partition coefficient (Wildman–Crippen LogP) is 2.37. The molecule has 0 saturated heterocycles. The number of hydrogen-bond donors (Lipinski definition) is 3. The number of thiocarbonyl (C=S) groups is 1. The van der Waals surface area contributed by atoms with E-state index in [1.807, 2.05) is 0 Å². The van der Waals surface area contributed by atoms with E-state index in [0.29, 0.717) is 17.8 Å². The summed E-state index contributed by atoms with van der Waals surface area (Å²) in [6.07, 6.45) is 1.91. The van der Waals surface area contributed by atoms with Crippen molar-refractivity contribution in [1.82, 2.24) is 10.6 Å². The summed E-state index contributed by atoms with van der Waals surface area (Å²) in [4.78, 5) is 35.0. The maximum Gasteiger partial charge on any atom is 0.306 e. The lowest BCUT2D eigenvalue weighted by molar-refractivity contribution is -0.144. The number of rotatable bonds is 9. The lowest BCUT2D eigenvalue weighted by Crippen LogP contribution is -2.34. The van der Waals surface area contributed by atoms with Gasteiger partial charge in [0.05, 0.1) is 13.0 Å². The fourth-order valence-electron chi connectivity index (χ4n) is 2.02. The molecule has 0 atom stereocenters. The van der Waals surface area contributed by atoms with Gasteiger partial charge in [-0.1, -0.05) is 19.4 Å². The molecule has 0 saturated carbocycles. The van der Waals surface area contributed by atoms with Gasteiger partial charge in [-0.3, -0.25) is 14.4 Å². The van der Waals surface area contributed by atoms with Gasteiger partial charge in [-0.05, 0) is 43.8 Å². The molecule has 0 spiro atoms. The van der Waals surface area contributed by atoms with Crippen LogP contribution in [0.15, 0.2) is 24.3 Å². The molecule has 142 valence electrons. The Hall–Kier alpha value is -2.48. The number of ether oxygens (including phenoxy) is 1. The van der Waals surface area contributed by atoms with Crippen LogP contribution in [0.4, 0.5) is 5.69 Å². The lowest BCUT2D eigenvalue weighted by Gasteiger charge is -2.11. The molecule has 26 heavy (non-hydrogen) atoms. The number of unbranched alkanes of at least 4 members (excludes halogenated alkanes) is 1. The highest BCUT2D eigenvalue weighted by Gasteiger charge is 2.10. The highest BCUT2D eigenvalue weighted by atomic mass is 32.1. The Labute approximate surface area is 158 Å². The van der Waals surface area contributed by atoms with Crippen LogP contribution in [-0.4, -0.2) is 36.0 Å². The van der Waals surface area contributed by atoms with Crippen LogP contribution in [0.25, 0.3) is 0 Å². The second-order valence-electron chi connectivity index (χ2n) is 5.50. The fraction of sp³-hybridized carbons (Fsp3) is 0.444. The van der Waals surface area contributed by atoms with Crippen molar-refractivity contribution in [2.24, 2.45) is 0 Å². The Kier molecular flexibility index (Phi) is 9.93. The van der Waals surface area contributed by atoms with Gasteiger partial charge in [-0.25, -0.2) is 0 Å². The largest absolute Gasteiger partial charge is 0.466 e. The van der Waals surface area contributed by atoms with Crippen molar-refractivity contribution < 1.29 is 19.1 Å². The zero-order valence-corrected chi connectivity index (χ0v) is 15.9. The van der Waals surface area contributed by atoms with Crippen LogP contribution in [0.5, 0.6) is 0 Å². The Morgan fingerprint density at radius 2 is 1.92 bits per heavy atom. The molecule has 3 N–H and O–H groups in total. The van der Waals surface area contributed by atoms with Crippen molar-refractivity contribution in [2.45, 2.75) is 39.5 Å². The van der Waals surface area contributed by atoms with Gasteiger partial charge >= 0.3 is 5.97 Å². The molecule has 0 fully saturated rings. The van der Waals surface area contributed by atoms with Crippen LogP contribution in [-0.2, 0) is 14.3 Å². The molecule has 0 unspecified atom stereocenters. The van der Waals surface area contributed by atoms with Gasteiger partial charge in [0.25, 0.3) is 5.91 Å². The van der Waals surface area contributed by atoms with E-state index >= 15 is 0 Å². The van der Waals surface area contributed by atoms with E-state index in [4.69, 9.17) is 17.0 Å². The summed E-state index contributed by atoms with van der Waals surface area (Å²) in [5.41, 5.74) is 1.09. The molecule has 0 aliphatic carbocycles. The maximum absolute atomic E-state index is 12.1. The molecule has 0 aliphatic heterocycles. The number of benzene rings is 1. The maximum atomic E-state index is 12.1. The number of anilines is 1. The summed E-state index contributed by atoms with van der Waals surface area (Å²) in [6, 6.07) is 6.81. The number of hydrogen-bond acceptors (Lipinski definition) is 5. The highest BCUT2D eigenvalue weighted by Crippen LogP contribution is 2.10. The molecule has 1 aromatic rings. The second-order valence-corrected chi connectivity index (χ2v) is 5.91. The number of esters is 1. The number of carbonyl (C=O) groups excluding carboxylic acids is 3. The number of nitrogens with one attached hydrogen (secondary N) is 3. The summed E-state index contributed by atoms with van der Waals surface area (Å²) < 4.78 is 4.76. The average molecular weight is 379 g/mol. The van der Waals surface area contributed by atoms with Gasteiger partial charge in [0.1, 0.15) is 0 Å². The zero-order valence-electron chi connectivity index (χ0n) is 15.1. The minimum Gasteiger partial charge on any atom is -0.466 e. The van der Waals surface area contributed by atoms with Crippen LogP contribution >= 0.6 is 12.2 Å². The molecule has 0 aliphatic rings. The van der Waals surface area contributed by atoms with Crippen molar-refractivity contribution in [2.75, 3.05) is 18.5 Å². The lowest BCUT2D eigenvalue weighted by atomic mass is 10.2. The van der Waals surface area contributed by atoms with E-state index in [1.165, 1.54) is 0 Å². The molecule has 2 amide bonds. The third-order valence-corrected chi connectivity index (χ3v) is 3.52. The summed E-state index contributed by atoms with van der Waals surface area (Å²) in [5.74, 6) is -0.973. The van der Waals surface area contributed by atoms with E-state index in [0.717, 1.165) is 12.8 Å². The normalized spacial score (nSPS) is 9.92. The molecular weight excluding hydrogens is 354 g/mol. The topological polar surface area (TPSA) is 96.5 Å². The minimum atomic E-state index is -0.427. The van der Waals surface area contributed by atoms with Gasteiger partial charge < -0.3 is 20.7 Å². The molecule has 7 nitrogen and oxygen atoms in total. The molecule has 8 heteroatoms. The summed E-state index contributed by atoms with van der Waals surface area (Å²) >= 11 is 5.08. The van der Waals surface area contributed by atoms with E-state index in [1.54, 1.807) is 31.2 Å². The standard InChI is InChI=1S/C18H25N3O4S/c1-3-5-11-19-17(24)13-7-6-8-14(12-13)20-18(26)21-15(22)9-10-16(23)25-4-2/h6-8,12H,3-5,9-11H2,1-2H3,(H,19,24)(H2,20,21,22,26). The fourth-order valence-corrected chi connectivity index (χ4v) is 2.25. The molecule has 0 bridgehead atoms. The summed E-state index contributed by atoms with van der Waals surface area (Å²) in [5, 5.41) is 8.28. The SMILES string of the molecule is CCCCNC(=O)c1cccc(NC(=S)NC(=O)CCC(=O)OCC)c1. The van der Waals surface area contributed by atoms with Crippen LogP contribution in [0, 0.1) is 0 Å². The quantitative estimate of drug-likeness (QED) is 0.346. The first-order valence-corrected chi connectivity index (χ1v) is 9.01. The average Bonchev–Trinajstić information content (AvgIpc) is 2.60. The molecule has 0 heterocycles. The van der Waals surface area contributed by atoms with E-state index in [2.05, 4.69) is 22.9 Å². The molecule has 1 rings (SSSR count). The minimum absolute atomic E-state index is 0.00426. The van der Waals surface area contributed by atoms with Gasteiger partial charge in [-0.15, -0.1) is 0 Å². The highest BCUT2D eigenvalue weighted by molar-refractivity contribution is 7.80. The van der Waals surface area contributed by atoms with Crippen molar-refractivity contribution in [3.8, 4) is 0 Å². The molecule has 0 aromatic heterocycles. The Balaban J connectivity index is 2.48. The first-order chi connectivity index (χ1) is 12.5. The summed E-state index contributed by atoms with van der Waals surface area (Å²) in [6.45, 7) is 4.67. The van der Waals surface area contributed by atoms with Gasteiger partial charge in [0.15, 0.2) is 5.11 Å². The Bertz CT molecular complexity index is 649. The van der Waals surface area contributed by atoms with E-state index < -0.39 is 5.97 Å². The smallest absolute Gasteiger partial charge is 0.306 e. The Morgan fingerprint density at radius 1 is 1.15 bits per heavy atom. The monoisotopic (exact) mass is 379 g/mol. The van der Waals surface area contributed by atoms with E-state index in [9.17, 15) is 14.4 Å². The van der Waals surface area contributed by atoms with Crippen LogP contribution in [0.1, 0.15) is 49.9 Å². The number of amides is 2. The van der Waals surface area contributed by atoms with Gasteiger partial charge in [0.2, 0.25) is 5.91 Å². The third-order valence-electron chi connectivity index (χ3n) is 3.31. The van der Waals surface area contributed by atoms with Crippen molar-refractivity contribution in [3.63, 3.8) is 0 Å². The summed E-state index contributed by atoms with van der Waals surface area (Å²) in [7, 11) is 0. The molecule has 0 radical (unpaired) electrons. The van der Waals surface area contributed by atoms with Crippen LogP contribution in [0.2, 0.25) is 0 Å². The molecule has 1 aromatic carbocycles. The first kappa shape index (κ1) is 21.6. The van der Waals surface area contributed by atoms with Crippen LogP contribution in [0.3, 0.4) is 0 Å². The van der Waals surface area contributed by atoms with Crippen molar-refractivity contribution >= 4 is 40.8 Å². The van der Waals surface area contributed by atoms with Crippen LogP contribution < -0.4 is 16.0 Å². The third kappa shape index (κ3) is 8.57. The predicted molar refractivity (Wildman–Crippen MR) is 104 cm³/mol. The second kappa shape index (κ2) is 12.0. The number of carbonyl (C=O) groups is 3. The first-order valence-electron chi connectivity index (χ1n) is 8.61. The zero-order chi connectivity index (χ0) is 19.4. The van der Waals surface area contributed by atoms with Crippen molar-refractivity contribution in [1.29, 1.82) is 0 Å². The van der Waals surface area contributed by atoms with E-state index in [-0.39, 0.29) is 36.4 Å². The Morgan fingerprint density at radius 3 is 2.62 bits per heavy atom. The van der Waals surface area contributed by atoms with Gasteiger partial charge in [-0.2, -0.15) is 0 Å². The van der Waals surface area contributed by atoms with Gasteiger partial charge in [0, 0.05) is 24.2 Å².